The first kappa shape index (κ1) is 31.8. The van der Waals surface area contributed by atoms with Gasteiger partial charge in [-0.2, -0.15) is 0 Å². The number of hydrogen-bond donors (Lipinski definition) is 1. The van der Waals surface area contributed by atoms with Gasteiger partial charge in [0.1, 0.15) is 18.3 Å². The molecule has 4 aromatic rings. The lowest BCUT2D eigenvalue weighted by molar-refractivity contribution is -0.139. The fraction of sp³-hybridized carbons (Fsp3) is 0.212. The van der Waals surface area contributed by atoms with Crippen LogP contribution in [0.3, 0.4) is 0 Å². The Morgan fingerprint density at radius 3 is 2.02 bits per heavy atom. The molecule has 0 saturated heterocycles. The van der Waals surface area contributed by atoms with Crippen molar-refractivity contribution in [3.8, 4) is 5.75 Å². The van der Waals surface area contributed by atoms with Crippen LogP contribution in [0.25, 0.3) is 0 Å². The number of para-hydroxylation sites is 1. The topological polar surface area (TPSA) is 96.0 Å². The van der Waals surface area contributed by atoms with Crippen molar-refractivity contribution in [2.45, 2.75) is 30.8 Å². The standard InChI is InChI=1S/C33H34BrN3O5S/c1-3-42-29-18-20-30(21-19-29)43(40,41)37(28-12-8-5-9-13-28)24-32(38)36(23-26-14-16-27(34)17-15-26)31(33(39)35-2)22-25-10-6-4-7-11-25/h4-21,31H,3,22-24H2,1-2H3,(H,35,39)/t31-/m0/s1. The van der Waals surface area contributed by atoms with Crippen molar-refractivity contribution in [2.24, 2.45) is 0 Å². The minimum Gasteiger partial charge on any atom is -0.494 e. The molecule has 1 N–H and O–H groups in total. The Morgan fingerprint density at radius 1 is 0.837 bits per heavy atom. The summed E-state index contributed by atoms with van der Waals surface area (Å²) in [5.41, 5.74) is 1.98. The van der Waals surface area contributed by atoms with E-state index < -0.39 is 28.5 Å². The van der Waals surface area contributed by atoms with E-state index >= 15 is 0 Å². The van der Waals surface area contributed by atoms with Crippen molar-refractivity contribution in [1.82, 2.24) is 10.2 Å². The molecule has 0 radical (unpaired) electrons. The Labute approximate surface area is 261 Å². The van der Waals surface area contributed by atoms with Gasteiger partial charge in [0.05, 0.1) is 17.2 Å². The van der Waals surface area contributed by atoms with Crippen LogP contribution in [-0.4, -0.2) is 51.4 Å². The number of hydrogen-bond acceptors (Lipinski definition) is 5. The summed E-state index contributed by atoms with van der Waals surface area (Å²) in [5.74, 6) is -0.334. The first-order valence-electron chi connectivity index (χ1n) is 13.8. The lowest BCUT2D eigenvalue weighted by Gasteiger charge is -2.33. The Balaban J connectivity index is 1.75. The minimum atomic E-state index is -4.18. The Morgan fingerprint density at radius 2 is 1.44 bits per heavy atom. The Bertz CT molecular complexity index is 1600. The summed E-state index contributed by atoms with van der Waals surface area (Å²) in [6.07, 6.45) is 0.250. The van der Waals surface area contributed by atoms with Crippen LogP contribution >= 0.6 is 15.9 Å². The van der Waals surface area contributed by atoms with E-state index in [4.69, 9.17) is 4.74 Å². The van der Waals surface area contributed by atoms with E-state index in [1.54, 1.807) is 42.5 Å². The molecular weight excluding hydrogens is 630 g/mol. The lowest BCUT2D eigenvalue weighted by Crippen LogP contribution is -2.53. The molecule has 43 heavy (non-hydrogen) atoms. The van der Waals surface area contributed by atoms with Crippen molar-refractivity contribution in [3.63, 3.8) is 0 Å². The SMILES string of the molecule is CCOc1ccc(S(=O)(=O)N(CC(=O)N(Cc2ccc(Br)cc2)[C@@H](Cc2ccccc2)C(=O)NC)c2ccccc2)cc1. The number of nitrogens with one attached hydrogen (secondary N) is 1. The third-order valence-electron chi connectivity index (χ3n) is 6.83. The lowest BCUT2D eigenvalue weighted by atomic mass is 10.0. The second-order valence-electron chi connectivity index (χ2n) is 9.72. The fourth-order valence-electron chi connectivity index (χ4n) is 4.63. The molecule has 0 unspecified atom stereocenters. The van der Waals surface area contributed by atoms with E-state index in [0.29, 0.717) is 18.0 Å². The van der Waals surface area contributed by atoms with Gasteiger partial charge >= 0.3 is 0 Å². The average Bonchev–Trinajstić information content (AvgIpc) is 3.03. The second kappa shape index (κ2) is 14.8. The van der Waals surface area contributed by atoms with E-state index in [-0.39, 0.29) is 23.8 Å². The quantitative estimate of drug-likeness (QED) is 0.206. The third-order valence-corrected chi connectivity index (χ3v) is 9.15. The maximum atomic E-state index is 14.3. The van der Waals surface area contributed by atoms with Gasteiger partial charge in [0.15, 0.2) is 0 Å². The summed E-state index contributed by atoms with van der Waals surface area (Å²) in [7, 11) is -2.66. The number of ether oxygens (including phenoxy) is 1. The van der Waals surface area contributed by atoms with E-state index in [0.717, 1.165) is 19.9 Å². The maximum absolute atomic E-state index is 14.3. The molecule has 0 saturated carbocycles. The van der Waals surface area contributed by atoms with Crippen LogP contribution in [0.2, 0.25) is 0 Å². The molecule has 0 aliphatic rings. The van der Waals surface area contributed by atoms with Gasteiger partial charge in [0.25, 0.3) is 10.0 Å². The van der Waals surface area contributed by atoms with Crippen LogP contribution in [0.5, 0.6) is 5.75 Å². The molecule has 0 aliphatic heterocycles. The van der Waals surface area contributed by atoms with Crippen molar-refractivity contribution in [2.75, 3.05) is 24.5 Å². The van der Waals surface area contributed by atoms with Crippen LogP contribution < -0.4 is 14.4 Å². The summed E-state index contributed by atoms with van der Waals surface area (Å²) in [5, 5.41) is 2.69. The summed E-state index contributed by atoms with van der Waals surface area (Å²) in [6.45, 7) is 1.87. The van der Waals surface area contributed by atoms with Crippen LogP contribution in [0, 0.1) is 0 Å². The summed E-state index contributed by atoms with van der Waals surface area (Å²) < 4.78 is 35.5. The highest BCUT2D eigenvalue weighted by atomic mass is 79.9. The predicted molar refractivity (Wildman–Crippen MR) is 171 cm³/mol. The van der Waals surface area contributed by atoms with Crippen molar-refractivity contribution in [1.29, 1.82) is 0 Å². The average molecular weight is 665 g/mol. The van der Waals surface area contributed by atoms with Gasteiger partial charge in [0, 0.05) is 24.5 Å². The van der Waals surface area contributed by atoms with Crippen molar-refractivity contribution >= 4 is 43.5 Å². The highest BCUT2D eigenvalue weighted by molar-refractivity contribution is 9.10. The number of likely N-dealkylation sites (N-methyl/N-ethyl adjacent to an activating group) is 1. The molecule has 224 valence electrons. The molecular formula is C33H34BrN3O5S. The zero-order valence-corrected chi connectivity index (χ0v) is 26.4. The zero-order valence-electron chi connectivity index (χ0n) is 24.0. The van der Waals surface area contributed by atoms with E-state index in [1.165, 1.54) is 24.1 Å². The minimum absolute atomic E-state index is 0.0132. The van der Waals surface area contributed by atoms with Gasteiger partial charge in [-0.05, 0) is 66.6 Å². The molecule has 0 aliphatic carbocycles. The molecule has 0 spiro atoms. The molecule has 4 rings (SSSR count). The molecule has 10 heteroatoms. The molecule has 8 nitrogen and oxygen atoms in total. The summed E-state index contributed by atoms with van der Waals surface area (Å²) in [6, 6.07) is 30.5. The molecule has 0 heterocycles. The number of carbonyl (C=O) groups excluding carboxylic acids is 2. The molecule has 2 amide bonds. The molecule has 4 aromatic carbocycles. The molecule has 0 bridgehead atoms. The Kier molecular flexibility index (Phi) is 11.0. The predicted octanol–water partition coefficient (Wildman–Crippen LogP) is 5.43. The number of nitrogens with zero attached hydrogens (tertiary/aromatic N) is 2. The van der Waals surface area contributed by atoms with Gasteiger partial charge < -0.3 is 15.0 Å². The number of anilines is 1. The first-order valence-corrected chi connectivity index (χ1v) is 16.1. The number of amides is 2. The summed E-state index contributed by atoms with van der Waals surface area (Å²) >= 11 is 3.44. The van der Waals surface area contributed by atoms with Crippen molar-refractivity contribution in [3.05, 3.63) is 125 Å². The number of carbonyl (C=O) groups is 2. The van der Waals surface area contributed by atoms with Crippen LogP contribution in [-0.2, 0) is 32.6 Å². The molecule has 0 aromatic heterocycles. The third kappa shape index (κ3) is 8.24. The number of halogens is 1. The molecule has 1 atom stereocenters. The zero-order chi connectivity index (χ0) is 30.8. The Hall–Kier alpha value is -4.15. The summed E-state index contributed by atoms with van der Waals surface area (Å²) in [4.78, 5) is 29.1. The number of sulfonamides is 1. The maximum Gasteiger partial charge on any atom is 0.264 e. The number of rotatable bonds is 13. The van der Waals surface area contributed by atoms with Gasteiger partial charge in [-0.25, -0.2) is 8.42 Å². The number of benzene rings is 4. The van der Waals surface area contributed by atoms with Crippen LogP contribution in [0.1, 0.15) is 18.1 Å². The van der Waals surface area contributed by atoms with Crippen LogP contribution in [0.15, 0.2) is 119 Å². The van der Waals surface area contributed by atoms with Crippen molar-refractivity contribution < 1.29 is 22.7 Å². The van der Waals surface area contributed by atoms with Gasteiger partial charge in [-0.3, -0.25) is 13.9 Å². The van der Waals surface area contributed by atoms with Gasteiger partial charge in [-0.1, -0.05) is 76.6 Å². The highest BCUT2D eigenvalue weighted by Gasteiger charge is 2.34. The smallest absolute Gasteiger partial charge is 0.264 e. The van der Waals surface area contributed by atoms with E-state index in [1.807, 2.05) is 61.5 Å². The monoisotopic (exact) mass is 663 g/mol. The van der Waals surface area contributed by atoms with Gasteiger partial charge in [-0.15, -0.1) is 0 Å². The second-order valence-corrected chi connectivity index (χ2v) is 12.5. The fourth-order valence-corrected chi connectivity index (χ4v) is 6.31. The first-order chi connectivity index (χ1) is 20.7. The van der Waals surface area contributed by atoms with Gasteiger partial charge in [0.2, 0.25) is 11.8 Å². The van der Waals surface area contributed by atoms with E-state index in [2.05, 4.69) is 21.2 Å². The van der Waals surface area contributed by atoms with E-state index in [9.17, 15) is 18.0 Å². The molecule has 0 fully saturated rings. The largest absolute Gasteiger partial charge is 0.494 e. The van der Waals surface area contributed by atoms with Crippen LogP contribution in [0.4, 0.5) is 5.69 Å². The normalized spacial score (nSPS) is 11.8. The highest BCUT2D eigenvalue weighted by Crippen LogP contribution is 2.26.